The molecule has 0 aliphatic carbocycles. The van der Waals surface area contributed by atoms with Crippen molar-refractivity contribution < 1.29 is 4.79 Å². The Hall–Kier alpha value is -0.610. The van der Waals surface area contributed by atoms with Crippen LogP contribution >= 0.6 is 0 Å². The molecule has 2 fully saturated rings. The number of rotatable bonds is 5. The highest BCUT2D eigenvalue weighted by atomic mass is 16.2. The second-order valence-electron chi connectivity index (χ2n) is 6.73. The van der Waals surface area contributed by atoms with Gasteiger partial charge in [-0.05, 0) is 59.2 Å². The molecule has 0 aromatic heterocycles. The van der Waals surface area contributed by atoms with E-state index in [-0.39, 0.29) is 5.91 Å². The van der Waals surface area contributed by atoms with Gasteiger partial charge in [0.25, 0.3) is 0 Å². The molecule has 116 valence electrons. The molecule has 4 nitrogen and oxygen atoms in total. The number of hydrogen-bond donors (Lipinski definition) is 0. The lowest BCUT2D eigenvalue weighted by molar-refractivity contribution is -0.132. The maximum atomic E-state index is 12.2. The van der Waals surface area contributed by atoms with Gasteiger partial charge in [-0.1, -0.05) is 6.42 Å². The van der Waals surface area contributed by atoms with Crippen molar-refractivity contribution in [3.8, 4) is 0 Å². The number of nitrogens with zero attached hydrogens (tertiary/aromatic N) is 3. The fourth-order valence-electron chi connectivity index (χ4n) is 3.32. The van der Waals surface area contributed by atoms with Crippen molar-refractivity contribution in [3.05, 3.63) is 0 Å². The summed E-state index contributed by atoms with van der Waals surface area (Å²) in [6.45, 7) is 9.52. The first-order valence-electron chi connectivity index (χ1n) is 8.30. The van der Waals surface area contributed by atoms with Crippen molar-refractivity contribution in [2.45, 2.75) is 58.0 Å². The molecular weight excluding hydrogens is 250 g/mol. The number of likely N-dealkylation sites (N-methyl/N-ethyl adjacent to an activating group) is 1. The Labute approximate surface area is 124 Å². The van der Waals surface area contributed by atoms with Crippen molar-refractivity contribution in [2.75, 3.05) is 39.8 Å². The number of likely N-dealkylation sites (tertiary alicyclic amines) is 2. The van der Waals surface area contributed by atoms with Gasteiger partial charge in [0.05, 0.1) is 6.54 Å². The molecule has 2 heterocycles. The fraction of sp³-hybridized carbons (Fsp3) is 0.938. The van der Waals surface area contributed by atoms with Crippen LogP contribution in [0.15, 0.2) is 0 Å². The molecule has 2 aliphatic rings. The zero-order valence-electron chi connectivity index (χ0n) is 13.5. The van der Waals surface area contributed by atoms with E-state index in [2.05, 4.69) is 23.6 Å². The van der Waals surface area contributed by atoms with Crippen LogP contribution in [0.25, 0.3) is 0 Å². The molecule has 2 rings (SSSR count). The Morgan fingerprint density at radius 3 is 2.50 bits per heavy atom. The van der Waals surface area contributed by atoms with Gasteiger partial charge in [-0.15, -0.1) is 0 Å². The Balaban J connectivity index is 1.82. The average Bonchev–Trinajstić information content (AvgIpc) is 2.86. The van der Waals surface area contributed by atoms with Crippen LogP contribution in [0.4, 0.5) is 0 Å². The molecule has 0 saturated carbocycles. The maximum Gasteiger partial charge on any atom is 0.236 e. The normalized spacial score (nSPS) is 25.3. The molecule has 0 bridgehead atoms. The molecule has 1 amide bonds. The van der Waals surface area contributed by atoms with Crippen LogP contribution in [0.5, 0.6) is 0 Å². The second-order valence-corrected chi connectivity index (χ2v) is 6.73. The molecule has 20 heavy (non-hydrogen) atoms. The monoisotopic (exact) mass is 281 g/mol. The minimum absolute atomic E-state index is 0.269. The zero-order valence-corrected chi connectivity index (χ0v) is 13.5. The first kappa shape index (κ1) is 15.8. The molecule has 1 atom stereocenters. The van der Waals surface area contributed by atoms with Crippen LogP contribution in [0, 0.1) is 0 Å². The molecule has 2 aliphatic heterocycles. The Morgan fingerprint density at radius 2 is 1.85 bits per heavy atom. The summed E-state index contributed by atoms with van der Waals surface area (Å²) < 4.78 is 0. The molecular formula is C16H31N3O. The predicted molar refractivity (Wildman–Crippen MR) is 82.8 cm³/mol. The number of amides is 1. The van der Waals surface area contributed by atoms with Crippen molar-refractivity contribution in [2.24, 2.45) is 0 Å². The van der Waals surface area contributed by atoms with Crippen molar-refractivity contribution in [1.29, 1.82) is 0 Å². The molecule has 0 aromatic rings. The summed E-state index contributed by atoms with van der Waals surface area (Å²) >= 11 is 0. The van der Waals surface area contributed by atoms with Crippen LogP contribution < -0.4 is 0 Å². The molecule has 0 N–H and O–H groups in total. The minimum atomic E-state index is 0.269. The Morgan fingerprint density at radius 1 is 1.15 bits per heavy atom. The van der Waals surface area contributed by atoms with E-state index < -0.39 is 0 Å². The Bertz CT molecular complexity index is 313. The van der Waals surface area contributed by atoms with E-state index in [1.165, 1.54) is 51.7 Å². The highest BCUT2D eigenvalue weighted by Gasteiger charge is 2.29. The molecule has 0 spiro atoms. The van der Waals surface area contributed by atoms with Crippen LogP contribution in [-0.2, 0) is 4.79 Å². The highest BCUT2D eigenvalue weighted by molar-refractivity contribution is 5.78. The number of hydrogen-bond acceptors (Lipinski definition) is 3. The van der Waals surface area contributed by atoms with E-state index in [0.29, 0.717) is 18.6 Å². The number of carbonyl (C=O) groups excluding carboxylic acids is 1. The third-order valence-electron chi connectivity index (χ3n) is 4.92. The quantitative estimate of drug-likeness (QED) is 0.769. The predicted octanol–water partition coefficient (Wildman–Crippen LogP) is 1.80. The lowest BCUT2D eigenvalue weighted by Crippen LogP contribution is -2.47. The Kier molecular flexibility index (Phi) is 5.85. The second kappa shape index (κ2) is 7.41. The van der Waals surface area contributed by atoms with E-state index in [9.17, 15) is 4.79 Å². The van der Waals surface area contributed by atoms with E-state index in [0.717, 1.165) is 6.54 Å². The van der Waals surface area contributed by atoms with Gasteiger partial charge in [0.1, 0.15) is 0 Å². The summed E-state index contributed by atoms with van der Waals surface area (Å²) in [5, 5.41) is 0. The van der Waals surface area contributed by atoms with Crippen molar-refractivity contribution >= 4 is 5.91 Å². The lowest BCUT2D eigenvalue weighted by Gasteiger charge is -2.33. The average molecular weight is 281 g/mol. The summed E-state index contributed by atoms with van der Waals surface area (Å²) in [6, 6.07) is 0.892. The number of carbonyl (C=O) groups is 1. The third kappa shape index (κ3) is 4.19. The smallest absolute Gasteiger partial charge is 0.236 e. The first-order valence-corrected chi connectivity index (χ1v) is 8.30. The van der Waals surface area contributed by atoms with Gasteiger partial charge >= 0.3 is 0 Å². The van der Waals surface area contributed by atoms with Crippen molar-refractivity contribution in [1.82, 2.24) is 14.7 Å². The summed E-state index contributed by atoms with van der Waals surface area (Å²) in [6.07, 6.45) is 6.60. The summed E-state index contributed by atoms with van der Waals surface area (Å²) in [5.74, 6) is 0.269. The summed E-state index contributed by atoms with van der Waals surface area (Å²) in [7, 11) is 1.92. The fourth-order valence-corrected chi connectivity index (χ4v) is 3.32. The van der Waals surface area contributed by atoms with Crippen molar-refractivity contribution in [3.63, 3.8) is 0 Å². The third-order valence-corrected chi connectivity index (χ3v) is 4.92. The molecule has 2 saturated heterocycles. The van der Waals surface area contributed by atoms with E-state index in [1.807, 2.05) is 11.9 Å². The largest absolute Gasteiger partial charge is 0.342 e. The van der Waals surface area contributed by atoms with Gasteiger partial charge in [0, 0.05) is 25.7 Å². The van der Waals surface area contributed by atoms with Crippen LogP contribution in [0.2, 0.25) is 0 Å². The lowest BCUT2D eigenvalue weighted by atomic mass is 10.1. The molecule has 0 unspecified atom stereocenters. The highest BCUT2D eigenvalue weighted by Crippen LogP contribution is 2.20. The minimum Gasteiger partial charge on any atom is -0.342 e. The standard InChI is InChI=1S/C16H31N3O/c1-14(2)17(3)16(20)13-19-11-7-8-15(19)12-18-9-5-4-6-10-18/h14-15H,4-13H2,1-3H3/t15-/m1/s1. The number of piperidine rings is 1. The molecule has 0 radical (unpaired) electrons. The van der Waals surface area contributed by atoms with Crippen LogP contribution in [0.3, 0.4) is 0 Å². The molecule has 4 heteroatoms. The summed E-state index contributed by atoms with van der Waals surface area (Å²) in [5.41, 5.74) is 0. The van der Waals surface area contributed by atoms with E-state index in [1.54, 1.807) is 0 Å². The maximum absolute atomic E-state index is 12.2. The zero-order chi connectivity index (χ0) is 14.5. The summed E-state index contributed by atoms with van der Waals surface area (Å²) in [4.78, 5) is 19.1. The van der Waals surface area contributed by atoms with E-state index in [4.69, 9.17) is 0 Å². The first-order chi connectivity index (χ1) is 9.58. The van der Waals surface area contributed by atoms with Gasteiger partial charge in [0.15, 0.2) is 0 Å². The van der Waals surface area contributed by atoms with Gasteiger partial charge < -0.3 is 9.80 Å². The van der Waals surface area contributed by atoms with Crippen LogP contribution in [-0.4, -0.2) is 72.5 Å². The topological polar surface area (TPSA) is 26.8 Å². The SMILES string of the molecule is CC(C)N(C)C(=O)CN1CCC[C@@H]1CN1CCCCC1. The van der Waals surface area contributed by atoms with Crippen LogP contribution in [0.1, 0.15) is 46.0 Å². The van der Waals surface area contributed by atoms with Gasteiger partial charge in [-0.3, -0.25) is 9.69 Å². The van der Waals surface area contributed by atoms with Gasteiger partial charge in [-0.25, -0.2) is 0 Å². The van der Waals surface area contributed by atoms with E-state index >= 15 is 0 Å². The van der Waals surface area contributed by atoms with Gasteiger partial charge in [-0.2, -0.15) is 0 Å². The van der Waals surface area contributed by atoms with Gasteiger partial charge in [0.2, 0.25) is 5.91 Å². The molecule has 0 aromatic carbocycles.